The first-order chi connectivity index (χ1) is 9.60. The summed E-state index contributed by atoms with van der Waals surface area (Å²) in [6.07, 6.45) is 0. The summed E-state index contributed by atoms with van der Waals surface area (Å²) in [5.41, 5.74) is 1.14. The summed E-state index contributed by atoms with van der Waals surface area (Å²) in [6.45, 7) is 3.38. The summed E-state index contributed by atoms with van der Waals surface area (Å²) in [5.74, 6) is 1.26. The van der Waals surface area contributed by atoms with Crippen LogP contribution in [0.5, 0.6) is 0 Å². The molecule has 0 atom stereocenters. The van der Waals surface area contributed by atoms with E-state index in [9.17, 15) is 0 Å². The molecule has 0 fully saturated rings. The first kappa shape index (κ1) is 15.4. The predicted octanol–water partition coefficient (Wildman–Crippen LogP) is 5.19. The Balaban J connectivity index is 2.12. The van der Waals surface area contributed by atoms with Gasteiger partial charge < -0.3 is 10.6 Å². The maximum Gasteiger partial charge on any atom is 0.147 e. The average Bonchev–Trinajstić information content (AvgIpc) is 2.42. The second-order valence-electron chi connectivity index (χ2n) is 4.16. The molecule has 3 nitrogen and oxygen atoms in total. The Morgan fingerprint density at radius 1 is 1.05 bits per heavy atom. The first-order valence-corrected chi connectivity index (χ1v) is 7.73. The Morgan fingerprint density at radius 2 is 1.65 bits per heavy atom. The Kier molecular flexibility index (Phi) is 5.52. The quantitative estimate of drug-likeness (QED) is 0.755. The zero-order valence-corrected chi connectivity index (χ0v) is 14.0. The van der Waals surface area contributed by atoms with Crippen LogP contribution in [0, 0.1) is 0 Å². The van der Waals surface area contributed by atoms with E-state index in [-0.39, 0.29) is 0 Å². The van der Waals surface area contributed by atoms with Crippen LogP contribution < -0.4 is 10.6 Å². The number of hydrogen-bond donors (Lipinski definition) is 2. The summed E-state index contributed by atoms with van der Waals surface area (Å²) < 4.78 is 1.05. The van der Waals surface area contributed by atoms with Gasteiger partial charge in [-0.1, -0.05) is 51.3 Å². The van der Waals surface area contributed by atoms with Gasteiger partial charge in [-0.3, -0.25) is 0 Å². The second kappa shape index (κ2) is 7.16. The predicted molar refractivity (Wildman–Crippen MR) is 89.9 cm³/mol. The molecule has 0 bridgehead atoms. The van der Waals surface area contributed by atoms with Crippen molar-refractivity contribution in [1.82, 2.24) is 4.98 Å². The van der Waals surface area contributed by atoms with Crippen molar-refractivity contribution in [2.75, 3.05) is 17.2 Å². The Labute approximate surface area is 136 Å². The zero-order valence-electron chi connectivity index (χ0n) is 10.9. The molecule has 0 spiro atoms. The molecule has 0 unspecified atom stereocenters. The lowest BCUT2D eigenvalue weighted by Gasteiger charge is -2.11. The van der Waals surface area contributed by atoms with Gasteiger partial charge >= 0.3 is 0 Å². The molecule has 2 aromatic rings. The highest BCUT2D eigenvalue weighted by Crippen LogP contribution is 2.29. The molecule has 0 radical (unpaired) electrons. The van der Waals surface area contributed by atoms with E-state index < -0.39 is 0 Å². The van der Waals surface area contributed by atoms with Crippen LogP contribution in [0.1, 0.15) is 12.5 Å². The molecule has 0 aliphatic heterocycles. The van der Waals surface area contributed by atoms with Crippen molar-refractivity contribution >= 4 is 50.8 Å². The number of nitrogens with zero attached hydrogens (tertiary/aromatic N) is 1. The van der Waals surface area contributed by atoms with Gasteiger partial charge in [0, 0.05) is 17.6 Å². The zero-order chi connectivity index (χ0) is 14.5. The molecular weight excluding hydrogens is 361 g/mol. The van der Waals surface area contributed by atoms with Gasteiger partial charge in [0.2, 0.25) is 0 Å². The van der Waals surface area contributed by atoms with Gasteiger partial charge in [-0.05, 0) is 30.7 Å². The van der Waals surface area contributed by atoms with E-state index in [1.807, 2.05) is 31.2 Å². The van der Waals surface area contributed by atoms with Gasteiger partial charge in [0.25, 0.3) is 0 Å². The van der Waals surface area contributed by atoms with E-state index in [0.29, 0.717) is 28.2 Å². The lowest BCUT2D eigenvalue weighted by Crippen LogP contribution is -2.06. The summed E-state index contributed by atoms with van der Waals surface area (Å²) in [6, 6.07) is 9.76. The van der Waals surface area contributed by atoms with Crippen molar-refractivity contribution in [1.29, 1.82) is 0 Å². The molecule has 1 aromatic carbocycles. The maximum absolute atomic E-state index is 6.15. The fraction of sp³-hybridized carbons (Fsp3) is 0.214. The minimum Gasteiger partial charge on any atom is -0.369 e. The SMILES string of the molecule is CCNc1nc(NCc2ccc(Br)cc2)c(Cl)cc1Cl. The number of benzene rings is 1. The number of hydrogen-bond acceptors (Lipinski definition) is 3. The van der Waals surface area contributed by atoms with Crippen LogP contribution in [-0.2, 0) is 6.54 Å². The van der Waals surface area contributed by atoms with Crippen LogP contribution in [0.4, 0.5) is 11.6 Å². The number of halogens is 3. The van der Waals surface area contributed by atoms with Gasteiger partial charge in [0.1, 0.15) is 11.6 Å². The van der Waals surface area contributed by atoms with Gasteiger partial charge in [-0.25, -0.2) is 4.98 Å². The highest BCUT2D eigenvalue weighted by Gasteiger charge is 2.08. The molecule has 2 N–H and O–H groups in total. The summed E-state index contributed by atoms with van der Waals surface area (Å²) in [7, 11) is 0. The third-order valence-electron chi connectivity index (χ3n) is 2.65. The van der Waals surface area contributed by atoms with Gasteiger partial charge in [-0.15, -0.1) is 0 Å². The Morgan fingerprint density at radius 3 is 2.25 bits per heavy atom. The normalized spacial score (nSPS) is 10.4. The van der Waals surface area contributed by atoms with E-state index in [0.717, 1.165) is 16.6 Å². The van der Waals surface area contributed by atoms with E-state index in [4.69, 9.17) is 23.2 Å². The van der Waals surface area contributed by atoms with Gasteiger partial charge in [-0.2, -0.15) is 0 Å². The molecule has 0 saturated heterocycles. The molecule has 6 heteroatoms. The molecule has 106 valence electrons. The number of nitrogens with one attached hydrogen (secondary N) is 2. The van der Waals surface area contributed by atoms with Crippen molar-refractivity contribution in [2.24, 2.45) is 0 Å². The van der Waals surface area contributed by atoms with E-state index in [1.165, 1.54) is 0 Å². The lowest BCUT2D eigenvalue weighted by atomic mass is 10.2. The van der Waals surface area contributed by atoms with Crippen LogP contribution in [0.15, 0.2) is 34.8 Å². The van der Waals surface area contributed by atoms with E-state index in [2.05, 4.69) is 31.5 Å². The van der Waals surface area contributed by atoms with E-state index in [1.54, 1.807) is 6.07 Å². The largest absolute Gasteiger partial charge is 0.369 e. The summed E-state index contributed by atoms with van der Waals surface area (Å²) in [5, 5.41) is 7.35. The number of pyridine rings is 1. The minimum atomic E-state index is 0.508. The molecule has 20 heavy (non-hydrogen) atoms. The lowest BCUT2D eigenvalue weighted by molar-refractivity contribution is 1.10. The van der Waals surface area contributed by atoms with Gasteiger partial charge in [0.15, 0.2) is 0 Å². The standard InChI is InChI=1S/C14H14BrCl2N3/c1-2-18-13-11(16)7-12(17)14(20-13)19-8-9-3-5-10(15)6-4-9/h3-7H,2,8H2,1H3,(H2,18,19,20). The van der Waals surface area contributed by atoms with Crippen molar-refractivity contribution in [3.05, 3.63) is 50.4 Å². The highest BCUT2D eigenvalue weighted by atomic mass is 79.9. The van der Waals surface area contributed by atoms with Crippen molar-refractivity contribution in [3.8, 4) is 0 Å². The molecule has 2 rings (SSSR count). The third-order valence-corrected chi connectivity index (χ3v) is 3.75. The number of anilines is 2. The number of aromatic nitrogens is 1. The molecular formula is C14H14BrCl2N3. The molecule has 0 aliphatic rings. The monoisotopic (exact) mass is 373 g/mol. The fourth-order valence-electron chi connectivity index (χ4n) is 1.67. The van der Waals surface area contributed by atoms with E-state index >= 15 is 0 Å². The molecule has 1 heterocycles. The van der Waals surface area contributed by atoms with Crippen LogP contribution in [0.2, 0.25) is 10.0 Å². The van der Waals surface area contributed by atoms with Crippen molar-refractivity contribution in [2.45, 2.75) is 13.5 Å². The molecule has 0 amide bonds. The average molecular weight is 375 g/mol. The van der Waals surface area contributed by atoms with Crippen LogP contribution in [0.25, 0.3) is 0 Å². The third kappa shape index (κ3) is 4.01. The molecule has 0 saturated carbocycles. The Bertz CT molecular complexity index is 588. The maximum atomic E-state index is 6.15. The molecule has 0 aliphatic carbocycles. The van der Waals surface area contributed by atoms with Crippen LogP contribution in [-0.4, -0.2) is 11.5 Å². The second-order valence-corrected chi connectivity index (χ2v) is 5.89. The first-order valence-electron chi connectivity index (χ1n) is 6.18. The summed E-state index contributed by atoms with van der Waals surface area (Å²) >= 11 is 15.6. The van der Waals surface area contributed by atoms with Gasteiger partial charge in [0.05, 0.1) is 10.0 Å². The smallest absolute Gasteiger partial charge is 0.147 e. The Hall–Kier alpha value is -0.970. The van der Waals surface area contributed by atoms with Crippen molar-refractivity contribution in [3.63, 3.8) is 0 Å². The fourth-order valence-corrected chi connectivity index (χ4v) is 2.43. The van der Waals surface area contributed by atoms with Crippen molar-refractivity contribution < 1.29 is 0 Å². The van der Waals surface area contributed by atoms with Crippen LogP contribution >= 0.6 is 39.1 Å². The number of rotatable bonds is 5. The highest BCUT2D eigenvalue weighted by molar-refractivity contribution is 9.10. The topological polar surface area (TPSA) is 37.0 Å². The minimum absolute atomic E-state index is 0.508. The summed E-state index contributed by atoms with van der Waals surface area (Å²) in [4.78, 5) is 4.40. The van der Waals surface area contributed by atoms with Crippen LogP contribution in [0.3, 0.4) is 0 Å². The molecule has 1 aromatic heterocycles.